The highest BCUT2D eigenvalue weighted by Crippen LogP contribution is 2.23. The van der Waals surface area contributed by atoms with Crippen LogP contribution in [0.3, 0.4) is 0 Å². The van der Waals surface area contributed by atoms with Crippen LogP contribution in [0.2, 0.25) is 0 Å². The molecule has 0 bridgehead atoms. The molecule has 8 heteroatoms. The number of hydrogen-bond donors (Lipinski definition) is 0. The van der Waals surface area contributed by atoms with Gasteiger partial charge in [-0.15, -0.1) is 0 Å². The number of rotatable bonds is 6. The molecule has 146 valence electrons. The van der Waals surface area contributed by atoms with Gasteiger partial charge in [0.15, 0.2) is 0 Å². The van der Waals surface area contributed by atoms with Crippen molar-refractivity contribution in [3.63, 3.8) is 0 Å². The Morgan fingerprint density at radius 2 is 1.04 bits per heavy atom. The summed E-state index contributed by atoms with van der Waals surface area (Å²) < 4.78 is 10.8. The Labute approximate surface area is 163 Å². The highest BCUT2D eigenvalue weighted by atomic mass is 16.5. The first-order valence-electron chi connectivity index (χ1n) is 10.0. The van der Waals surface area contributed by atoms with Gasteiger partial charge >= 0.3 is 0 Å². The second kappa shape index (κ2) is 7.81. The maximum absolute atomic E-state index is 5.42. The van der Waals surface area contributed by atoms with Crippen LogP contribution in [0.25, 0.3) is 22.8 Å². The van der Waals surface area contributed by atoms with E-state index in [0.717, 1.165) is 50.4 Å². The van der Waals surface area contributed by atoms with E-state index in [9.17, 15) is 0 Å². The summed E-state index contributed by atoms with van der Waals surface area (Å²) in [5, 5.41) is 8.25. The van der Waals surface area contributed by atoms with Gasteiger partial charge in [-0.3, -0.25) is 9.80 Å². The molecule has 2 aliphatic heterocycles. The van der Waals surface area contributed by atoms with Gasteiger partial charge in [0.2, 0.25) is 23.4 Å². The predicted molar refractivity (Wildman–Crippen MR) is 102 cm³/mol. The molecular formula is C20H24N6O2. The van der Waals surface area contributed by atoms with E-state index in [-0.39, 0.29) is 0 Å². The van der Waals surface area contributed by atoms with Crippen molar-refractivity contribution < 1.29 is 9.05 Å². The van der Waals surface area contributed by atoms with Gasteiger partial charge < -0.3 is 9.05 Å². The molecular weight excluding hydrogens is 356 g/mol. The van der Waals surface area contributed by atoms with Gasteiger partial charge in [0, 0.05) is 11.1 Å². The Morgan fingerprint density at radius 1 is 0.643 bits per heavy atom. The second-order valence-electron chi connectivity index (χ2n) is 7.57. The largest absolute Gasteiger partial charge is 0.338 e. The molecule has 2 saturated heterocycles. The fraction of sp³-hybridized carbons (Fsp3) is 0.500. The van der Waals surface area contributed by atoms with E-state index in [2.05, 4.69) is 30.1 Å². The summed E-state index contributed by atoms with van der Waals surface area (Å²) >= 11 is 0. The zero-order valence-electron chi connectivity index (χ0n) is 15.9. The van der Waals surface area contributed by atoms with Gasteiger partial charge in [-0.2, -0.15) is 9.97 Å². The van der Waals surface area contributed by atoms with Crippen molar-refractivity contribution in [2.75, 3.05) is 26.2 Å². The Morgan fingerprint density at radius 3 is 1.43 bits per heavy atom. The van der Waals surface area contributed by atoms with Crippen molar-refractivity contribution in [2.45, 2.75) is 38.8 Å². The van der Waals surface area contributed by atoms with Crippen LogP contribution in [0.1, 0.15) is 37.5 Å². The van der Waals surface area contributed by atoms with E-state index in [1.54, 1.807) is 0 Å². The number of nitrogens with zero attached hydrogens (tertiary/aromatic N) is 6. The third-order valence-corrected chi connectivity index (χ3v) is 5.45. The molecule has 2 aromatic heterocycles. The van der Waals surface area contributed by atoms with Gasteiger partial charge in [0.05, 0.1) is 13.1 Å². The Balaban J connectivity index is 1.25. The van der Waals surface area contributed by atoms with E-state index in [4.69, 9.17) is 9.05 Å². The number of aromatic nitrogens is 4. The van der Waals surface area contributed by atoms with E-state index in [0.29, 0.717) is 23.4 Å². The van der Waals surface area contributed by atoms with E-state index < -0.39 is 0 Å². The molecule has 0 saturated carbocycles. The molecule has 0 amide bonds. The summed E-state index contributed by atoms with van der Waals surface area (Å²) in [4.78, 5) is 13.8. The second-order valence-corrected chi connectivity index (χ2v) is 7.57. The SMILES string of the molecule is c1cc(-c2noc(CN3CCCC3)n2)ccc1-c1noc(CN2CCCC2)n1. The third-order valence-electron chi connectivity index (χ3n) is 5.45. The summed E-state index contributed by atoms with van der Waals surface area (Å²) in [5.41, 5.74) is 1.84. The van der Waals surface area contributed by atoms with Gasteiger partial charge in [0.1, 0.15) is 0 Å². The zero-order valence-corrected chi connectivity index (χ0v) is 15.9. The first-order chi connectivity index (χ1) is 13.8. The molecule has 3 aromatic rings. The molecule has 0 N–H and O–H groups in total. The van der Waals surface area contributed by atoms with E-state index in [1.165, 1.54) is 25.7 Å². The fourth-order valence-corrected chi connectivity index (χ4v) is 3.91. The molecule has 4 heterocycles. The van der Waals surface area contributed by atoms with Crippen LogP contribution in [0.5, 0.6) is 0 Å². The highest BCUT2D eigenvalue weighted by molar-refractivity contribution is 5.62. The quantitative estimate of drug-likeness (QED) is 0.645. The van der Waals surface area contributed by atoms with Gasteiger partial charge in [-0.1, -0.05) is 34.6 Å². The van der Waals surface area contributed by atoms with Gasteiger partial charge in [-0.05, 0) is 51.9 Å². The van der Waals surface area contributed by atoms with Crippen LogP contribution < -0.4 is 0 Å². The molecule has 0 spiro atoms. The summed E-state index contributed by atoms with van der Waals surface area (Å²) in [6.07, 6.45) is 4.99. The monoisotopic (exact) mass is 380 g/mol. The van der Waals surface area contributed by atoms with E-state index >= 15 is 0 Å². The lowest BCUT2D eigenvalue weighted by atomic mass is 10.1. The van der Waals surface area contributed by atoms with Crippen LogP contribution in [0.15, 0.2) is 33.3 Å². The summed E-state index contributed by atoms with van der Waals surface area (Å²) in [5.74, 6) is 2.57. The standard InChI is InChI=1S/C20H24N6O2/c1-2-10-25(9-1)13-17-21-19(23-27-17)15-5-7-16(8-6-15)20-22-18(28-24-20)14-26-11-3-4-12-26/h5-8H,1-4,9-14H2. The Bertz CT molecular complexity index is 832. The van der Waals surface area contributed by atoms with Gasteiger partial charge in [0.25, 0.3) is 0 Å². The van der Waals surface area contributed by atoms with Crippen LogP contribution in [-0.4, -0.2) is 56.3 Å². The zero-order chi connectivity index (χ0) is 18.8. The number of hydrogen-bond acceptors (Lipinski definition) is 8. The molecule has 8 nitrogen and oxygen atoms in total. The van der Waals surface area contributed by atoms with Gasteiger partial charge in [-0.25, -0.2) is 0 Å². The lowest BCUT2D eigenvalue weighted by molar-refractivity contribution is 0.268. The Hall–Kier alpha value is -2.58. The summed E-state index contributed by atoms with van der Waals surface area (Å²) in [6.45, 7) is 5.89. The molecule has 2 aliphatic rings. The first kappa shape index (κ1) is 17.5. The maximum Gasteiger partial charge on any atom is 0.241 e. The Kier molecular flexibility index (Phi) is 4.88. The fourth-order valence-electron chi connectivity index (χ4n) is 3.91. The summed E-state index contributed by atoms with van der Waals surface area (Å²) in [7, 11) is 0. The van der Waals surface area contributed by atoms with Crippen molar-refractivity contribution in [3.8, 4) is 22.8 Å². The molecule has 0 unspecified atom stereocenters. The van der Waals surface area contributed by atoms with Crippen molar-refractivity contribution >= 4 is 0 Å². The molecule has 0 radical (unpaired) electrons. The molecule has 5 rings (SSSR count). The van der Waals surface area contributed by atoms with Crippen LogP contribution in [0.4, 0.5) is 0 Å². The minimum atomic E-state index is 0.614. The number of benzene rings is 1. The molecule has 2 fully saturated rings. The van der Waals surface area contributed by atoms with Crippen LogP contribution in [0, 0.1) is 0 Å². The third kappa shape index (κ3) is 3.83. The van der Waals surface area contributed by atoms with Crippen molar-refractivity contribution in [1.29, 1.82) is 0 Å². The van der Waals surface area contributed by atoms with Crippen molar-refractivity contribution in [3.05, 3.63) is 36.0 Å². The average Bonchev–Trinajstić information content (AvgIpc) is 3.52. The number of likely N-dealkylation sites (tertiary alicyclic amines) is 2. The van der Waals surface area contributed by atoms with E-state index in [1.807, 2.05) is 24.3 Å². The predicted octanol–water partition coefficient (Wildman–Crippen LogP) is 2.98. The topological polar surface area (TPSA) is 84.3 Å². The maximum atomic E-state index is 5.42. The average molecular weight is 380 g/mol. The molecule has 1 aromatic carbocycles. The molecule has 0 atom stereocenters. The molecule has 0 aliphatic carbocycles. The molecule has 28 heavy (non-hydrogen) atoms. The normalized spacial score (nSPS) is 18.3. The van der Waals surface area contributed by atoms with Crippen molar-refractivity contribution in [2.24, 2.45) is 0 Å². The lowest BCUT2D eigenvalue weighted by Gasteiger charge is -2.09. The minimum Gasteiger partial charge on any atom is -0.338 e. The highest BCUT2D eigenvalue weighted by Gasteiger charge is 2.18. The van der Waals surface area contributed by atoms with Crippen LogP contribution in [-0.2, 0) is 13.1 Å². The van der Waals surface area contributed by atoms with Crippen LogP contribution >= 0.6 is 0 Å². The smallest absolute Gasteiger partial charge is 0.241 e. The summed E-state index contributed by atoms with van der Waals surface area (Å²) in [6, 6.07) is 7.87. The minimum absolute atomic E-state index is 0.614. The first-order valence-corrected chi connectivity index (χ1v) is 10.0. The van der Waals surface area contributed by atoms with Crippen molar-refractivity contribution in [1.82, 2.24) is 30.1 Å². The lowest BCUT2D eigenvalue weighted by Crippen LogP contribution is -2.18.